The van der Waals surface area contributed by atoms with Crippen LogP contribution in [0.4, 0.5) is 11.4 Å². The lowest BCUT2D eigenvalue weighted by atomic mass is 10.1. The van der Waals surface area contributed by atoms with Crippen LogP contribution in [0.15, 0.2) is 18.2 Å². The second kappa shape index (κ2) is 5.23. The minimum Gasteiger partial charge on any atom is -0.492 e. The van der Waals surface area contributed by atoms with E-state index in [4.69, 9.17) is 10.5 Å². The van der Waals surface area contributed by atoms with Crippen molar-refractivity contribution in [1.29, 1.82) is 0 Å². The molecule has 3 rings (SSSR count). The van der Waals surface area contributed by atoms with E-state index in [2.05, 4.69) is 4.90 Å². The van der Waals surface area contributed by atoms with Crippen LogP contribution >= 0.6 is 0 Å². The number of hydrogen-bond donors (Lipinski definition) is 1. The molecule has 5 heteroatoms. The van der Waals surface area contributed by atoms with E-state index in [0.717, 1.165) is 37.5 Å². The summed E-state index contributed by atoms with van der Waals surface area (Å²) in [4.78, 5) is 16.0. The number of ether oxygens (including phenoxy) is 1. The van der Waals surface area contributed by atoms with Gasteiger partial charge in [-0.15, -0.1) is 0 Å². The monoisotopic (exact) mass is 275 g/mol. The number of carbonyl (C=O) groups excluding carboxylic acids is 1. The van der Waals surface area contributed by atoms with Gasteiger partial charge in [-0.2, -0.15) is 0 Å². The van der Waals surface area contributed by atoms with Gasteiger partial charge in [-0.1, -0.05) is 6.07 Å². The highest BCUT2D eigenvalue weighted by molar-refractivity contribution is 5.80. The third-order valence-corrected chi connectivity index (χ3v) is 4.18. The maximum absolute atomic E-state index is 11.7. The first kappa shape index (κ1) is 13.1. The summed E-state index contributed by atoms with van der Waals surface area (Å²) in [5.41, 5.74) is 7.94. The number of amides is 1. The molecule has 108 valence electrons. The van der Waals surface area contributed by atoms with Crippen LogP contribution in [0, 0.1) is 0 Å². The predicted octanol–water partition coefficient (Wildman–Crippen LogP) is 1.48. The van der Waals surface area contributed by atoms with Gasteiger partial charge < -0.3 is 20.3 Å². The van der Waals surface area contributed by atoms with Crippen molar-refractivity contribution in [2.45, 2.75) is 25.8 Å². The maximum Gasteiger partial charge on any atom is 0.223 e. The minimum atomic E-state index is 0.297. The summed E-state index contributed by atoms with van der Waals surface area (Å²) in [5.74, 6) is 1.04. The van der Waals surface area contributed by atoms with Gasteiger partial charge in [0.15, 0.2) is 0 Å². The van der Waals surface area contributed by atoms with Gasteiger partial charge in [0.05, 0.1) is 18.0 Å². The Kier molecular flexibility index (Phi) is 3.42. The summed E-state index contributed by atoms with van der Waals surface area (Å²) >= 11 is 0. The van der Waals surface area contributed by atoms with Crippen molar-refractivity contribution >= 4 is 17.3 Å². The van der Waals surface area contributed by atoms with E-state index in [0.29, 0.717) is 30.7 Å². The number of para-hydroxylation sites is 1. The lowest BCUT2D eigenvalue weighted by molar-refractivity contribution is -0.129. The third-order valence-electron chi connectivity index (χ3n) is 4.18. The van der Waals surface area contributed by atoms with E-state index in [9.17, 15) is 4.79 Å². The topological polar surface area (TPSA) is 58.8 Å². The fraction of sp³-hybridized carbons (Fsp3) is 0.533. The zero-order valence-electron chi connectivity index (χ0n) is 11.8. The Morgan fingerprint density at radius 3 is 3.05 bits per heavy atom. The lowest BCUT2D eigenvalue weighted by Crippen LogP contribution is -2.51. The van der Waals surface area contributed by atoms with E-state index in [1.54, 1.807) is 0 Å². The Hall–Kier alpha value is -1.91. The number of nitrogen functional groups attached to an aromatic ring is 1. The average molecular weight is 275 g/mol. The van der Waals surface area contributed by atoms with Crippen LogP contribution in [0.5, 0.6) is 5.75 Å². The highest BCUT2D eigenvalue weighted by Gasteiger charge is 2.35. The molecular weight excluding hydrogens is 254 g/mol. The molecule has 0 aromatic heterocycles. The highest BCUT2D eigenvalue weighted by Crippen LogP contribution is 2.34. The van der Waals surface area contributed by atoms with E-state index >= 15 is 0 Å². The number of nitrogens with two attached hydrogens (primary N) is 1. The van der Waals surface area contributed by atoms with Gasteiger partial charge in [-0.05, 0) is 25.5 Å². The number of rotatable bonds is 3. The smallest absolute Gasteiger partial charge is 0.223 e. The van der Waals surface area contributed by atoms with E-state index in [1.165, 1.54) is 0 Å². The second-order valence-corrected chi connectivity index (χ2v) is 5.35. The molecule has 0 bridgehead atoms. The molecule has 2 aliphatic heterocycles. The Bertz CT molecular complexity index is 518. The highest BCUT2D eigenvalue weighted by atomic mass is 16.5. The lowest BCUT2D eigenvalue weighted by Gasteiger charge is -2.39. The number of fused-ring (bicyclic) bond motifs is 1. The molecule has 1 aromatic carbocycles. The van der Waals surface area contributed by atoms with Gasteiger partial charge in [0.2, 0.25) is 5.91 Å². The summed E-state index contributed by atoms with van der Waals surface area (Å²) in [6.07, 6.45) is 1.65. The molecule has 2 fully saturated rings. The fourth-order valence-corrected chi connectivity index (χ4v) is 3.17. The van der Waals surface area contributed by atoms with Crippen molar-refractivity contribution < 1.29 is 9.53 Å². The predicted molar refractivity (Wildman–Crippen MR) is 79.0 cm³/mol. The molecule has 2 saturated heterocycles. The molecule has 1 unspecified atom stereocenters. The summed E-state index contributed by atoms with van der Waals surface area (Å²) in [5, 5.41) is 0. The van der Waals surface area contributed by atoms with Crippen molar-refractivity contribution in [3.05, 3.63) is 18.2 Å². The van der Waals surface area contributed by atoms with Crippen molar-refractivity contribution in [3.63, 3.8) is 0 Å². The van der Waals surface area contributed by atoms with E-state index in [1.807, 2.05) is 30.0 Å². The molecule has 1 amide bonds. The summed E-state index contributed by atoms with van der Waals surface area (Å²) in [6.45, 7) is 5.06. The van der Waals surface area contributed by atoms with Gasteiger partial charge in [-0.25, -0.2) is 0 Å². The van der Waals surface area contributed by atoms with Gasteiger partial charge in [0.25, 0.3) is 0 Å². The van der Waals surface area contributed by atoms with Crippen molar-refractivity contribution in [1.82, 2.24) is 4.90 Å². The number of carbonyl (C=O) groups is 1. The largest absolute Gasteiger partial charge is 0.492 e. The van der Waals surface area contributed by atoms with Crippen LogP contribution in [-0.2, 0) is 4.79 Å². The summed E-state index contributed by atoms with van der Waals surface area (Å²) in [7, 11) is 0. The maximum atomic E-state index is 11.7. The van der Waals surface area contributed by atoms with Crippen LogP contribution in [0.3, 0.4) is 0 Å². The standard InChI is InChI=1S/C15H21N3O2/c1-2-20-13-5-3-4-12(15(13)16)17-8-9-18-11(10-17)6-7-14(18)19/h3-5,11H,2,6-10,16H2,1H3. The van der Waals surface area contributed by atoms with E-state index in [-0.39, 0.29) is 0 Å². The molecule has 2 N–H and O–H groups in total. The van der Waals surface area contributed by atoms with Gasteiger partial charge >= 0.3 is 0 Å². The van der Waals surface area contributed by atoms with Crippen molar-refractivity contribution in [2.24, 2.45) is 0 Å². The molecule has 2 aliphatic rings. The van der Waals surface area contributed by atoms with Crippen molar-refractivity contribution in [2.75, 3.05) is 36.9 Å². The molecule has 20 heavy (non-hydrogen) atoms. The normalized spacial score (nSPS) is 22.1. The number of hydrogen-bond acceptors (Lipinski definition) is 4. The summed E-state index contributed by atoms with van der Waals surface area (Å²) < 4.78 is 5.56. The molecule has 0 saturated carbocycles. The van der Waals surface area contributed by atoms with Crippen LogP contribution in [0.2, 0.25) is 0 Å². The Balaban J connectivity index is 1.80. The Morgan fingerprint density at radius 2 is 2.25 bits per heavy atom. The van der Waals surface area contributed by atoms with Crippen LogP contribution in [-0.4, -0.2) is 43.1 Å². The Morgan fingerprint density at radius 1 is 1.40 bits per heavy atom. The molecule has 2 heterocycles. The Labute approximate surface area is 119 Å². The molecule has 5 nitrogen and oxygen atoms in total. The fourth-order valence-electron chi connectivity index (χ4n) is 3.17. The number of benzene rings is 1. The summed E-state index contributed by atoms with van der Waals surface area (Å²) in [6, 6.07) is 6.25. The van der Waals surface area contributed by atoms with Gasteiger partial charge in [-0.3, -0.25) is 4.79 Å². The molecular formula is C15H21N3O2. The molecule has 0 spiro atoms. The quantitative estimate of drug-likeness (QED) is 0.849. The van der Waals surface area contributed by atoms with Crippen LogP contribution in [0.1, 0.15) is 19.8 Å². The third kappa shape index (κ3) is 2.17. The zero-order chi connectivity index (χ0) is 14.1. The number of piperazine rings is 1. The molecule has 0 radical (unpaired) electrons. The first-order valence-corrected chi connectivity index (χ1v) is 7.26. The second-order valence-electron chi connectivity index (χ2n) is 5.35. The SMILES string of the molecule is CCOc1cccc(N2CCN3C(=O)CCC3C2)c1N. The van der Waals surface area contributed by atoms with Gasteiger partial charge in [0, 0.05) is 32.1 Å². The average Bonchev–Trinajstić information content (AvgIpc) is 2.82. The first-order valence-electron chi connectivity index (χ1n) is 7.26. The number of anilines is 2. The first-order chi connectivity index (χ1) is 9.70. The zero-order valence-corrected chi connectivity index (χ0v) is 11.8. The number of nitrogens with zero attached hydrogens (tertiary/aromatic N) is 2. The molecule has 0 aliphatic carbocycles. The van der Waals surface area contributed by atoms with Crippen LogP contribution < -0.4 is 15.4 Å². The molecule has 1 aromatic rings. The molecule has 1 atom stereocenters. The van der Waals surface area contributed by atoms with E-state index < -0.39 is 0 Å². The minimum absolute atomic E-state index is 0.297. The van der Waals surface area contributed by atoms with Crippen LogP contribution in [0.25, 0.3) is 0 Å². The van der Waals surface area contributed by atoms with Crippen molar-refractivity contribution in [3.8, 4) is 5.75 Å². The van der Waals surface area contributed by atoms with Gasteiger partial charge in [0.1, 0.15) is 5.75 Å².